The van der Waals surface area contributed by atoms with Gasteiger partial charge in [-0.15, -0.1) is 0 Å². The third-order valence-electron chi connectivity index (χ3n) is 0.144. The van der Waals surface area contributed by atoms with Crippen molar-refractivity contribution in [3.8, 4) is 0 Å². The molecule has 0 aromatic carbocycles. The summed E-state index contributed by atoms with van der Waals surface area (Å²) in [6, 6.07) is 0. The van der Waals surface area contributed by atoms with Crippen LogP contribution in [0.15, 0.2) is 0 Å². The van der Waals surface area contributed by atoms with Crippen LogP contribution in [0.1, 0.15) is 1.37 Å². The summed E-state index contributed by atoms with van der Waals surface area (Å²) < 4.78 is 6.19. The maximum Gasteiger partial charge on any atom is 0.112 e. The van der Waals surface area contributed by atoms with E-state index >= 15 is 0 Å². The van der Waals surface area contributed by atoms with Gasteiger partial charge in [0.1, 0.15) is 15.5 Å². The summed E-state index contributed by atoms with van der Waals surface area (Å²) in [5, 5.41) is 0. The lowest BCUT2D eigenvalue weighted by Crippen LogP contribution is -1.61. The van der Waals surface area contributed by atoms with Gasteiger partial charge >= 0.3 is 0 Å². The van der Waals surface area contributed by atoms with Gasteiger partial charge in [-0.1, -0.05) is 0 Å². The van der Waals surface area contributed by atoms with Gasteiger partial charge in [-0.05, 0) is 6.32 Å². The number of carbonyl (C=O) groups excluding carboxylic acids is 1. The fourth-order valence-electron chi connectivity index (χ4n) is 0. The van der Waals surface area contributed by atoms with Crippen LogP contribution in [-0.2, 0) is 4.79 Å². The molecule has 0 saturated heterocycles. The second kappa shape index (κ2) is 2.73. The van der Waals surface area contributed by atoms with Gasteiger partial charge < -0.3 is 4.79 Å². The molecule has 0 unspecified atom stereocenters. The molecule has 0 aromatic rings. The van der Waals surface area contributed by atoms with Crippen molar-refractivity contribution < 1.29 is 6.17 Å². The Kier molecular flexibility index (Phi) is 1.37. The molecule has 0 saturated carbocycles. The zero-order valence-electron chi connectivity index (χ0n) is 3.62. The van der Waals surface area contributed by atoms with Crippen LogP contribution >= 0.6 is 0 Å². The minimum absolute atomic E-state index is 0.333. The highest BCUT2D eigenvalue weighted by Crippen LogP contribution is 1.46. The Morgan fingerprint density at radius 1 is 2.50 bits per heavy atom. The third kappa shape index (κ3) is 1.73. The highest BCUT2D eigenvalue weighted by molar-refractivity contribution is 6.15. The van der Waals surface area contributed by atoms with E-state index in [2.05, 4.69) is 0 Å². The van der Waals surface area contributed by atoms with E-state index < -0.39 is 6.26 Å². The molecule has 0 radical (unpaired) electrons. The molecular weight excluding hydrogens is 50.8 g/mol. The lowest BCUT2D eigenvalue weighted by Gasteiger charge is -1.49. The summed E-state index contributed by atoms with van der Waals surface area (Å²) in [6.07, 6.45) is -0.162. The molecule has 0 heterocycles. The normalized spacial score (nSPS) is 9.50. The standard InChI is InChI=1S/C2H5BO/c3-1-2-4/h2H,1,3H2/i2D. The molecule has 0 atom stereocenters. The van der Waals surface area contributed by atoms with Crippen LogP contribution in [0.3, 0.4) is 0 Å². The predicted octanol–water partition coefficient (Wildman–Crippen LogP) is -0.763. The minimum atomic E-state index is -0.495. The molecule has 2 heteroatoms. The minimum Gasteiger partial charge on any atom is -0.304 e. The van der Waals surface area contributed by atoms with E-state index in [0.717, 1.165) is 0 Å². The summed E-state index contributed by atoms with van der Waals surface area (Å²) in [6.45, 7) is 0. The number of rotatable bonds is 1. The molecule has 0 aliphatic heterocycles. The number of aldehydes is 1. The summed E-state index contributed by atoms with van der Waals surface area (Å²) >= 11 is 0. The topological polar surface area (TPSA) is 17.1 Å². The average Bonchev–Trinajstić information content (AvgIpc) is 1.38. The van der Waals surface area contributed by atoms with Crippen molar-refractivity contribution in [2.45, 2.75) is 6.32 Å². The van der Waals surface area contributed by atoms with Crippen LogP contribution in [0.25, 0.3) is 0 Å². The van der Waals surface area contributed by atoms with E-state index in [0.29, 0.717) is 6.32 Å². The second-order valence-electron chi connectivity index (χ2n) is 0.498. The second-order valence-corrected chi connectivity index (χ2v) is 0.498. The first-order valence-corrected chi connectivity index (χ1v) is 1.26. The molecule has 0 aliphatic rings. The molecule has 22 valence electrons. The fraction of sp³-hybridized carbons (Fsp3) is 0.500. The highest BCUT2D eigenvalue weighted by Gasteiger charge is 1.54. The van der Waals surface area contributed by atoms with Crippen LogP contribution in [0, 0.1) is 0 Å². The maximum atomic E-state index is 9.48. The molecule has 4 heavy (non-hydrogen) atoms. The van der Waals surface area contributed by atoms with E-state index in [1.807, 2.05) is 0 Å². The van der Waals surface area contributed by atoms with Crippen molar-refractivity contribution in [2.75, 3.05) is 0 Å². The van der Waals surface area contributed by atoms with Gasteiger partial charge in [-0.3, -0.25) is 0 Å². The largest absolute Gasteiger partial charge is 0.304 e. The molecule has 0 bridgehead atoms. The molecule has 0 aromatic heterocycles. The fourth-order valence-corrected chi connectivity index (χ4v) is 0. The molecule has 0 amide bonds. The Balaban J connectivity index is 2.85. The van der Waals surface area contributed by atoms with Gasteiger partial charge in [0.05, 0.1) is 0 Å². The summed E-state index contributed by atoms with van der Waals surface area (Å²) in [5.41, 5.74) is 0. The molecule has 0 rings (SSSR count). The van der Waals surface area contributed by atoms with Crippen LogP contribution in [0.4, 0.5) is 0 Å². The van der Waals surface area contributed by atoms with Crippen molar-refractivity contribution in [1.82, 2.24) is 0 Å². The lowest BCUT2D eigenvalue weighted by molar-refractivity contribution is -0.106. The Labute approximate surface area is 27.8 Å². The third-order valence-corrected chi connectivity index (χ3v) is 0.144. The number of carbonyl (C=O) groups is 1. The Bertz CT molecular complexity index is 44.9. The van der Waals surface area contributed by atoms with Crippen molar-refractivity contribution in [1.29, 1.82) is 0 Å². The Morgan fingerprint density at radius 2 is 2.75 bits per heavy atom. The van der Waals surface area contributed by atoms with Crippen molar-refractivity contribution in [3.05, 3.63) is 0 Å². The van der Waals surface area contributed by atoms with E-state index in [4.69, 9.17) is 1.37 Å². The molecular formula is C2H5BO. The molecule has 0 N–H and O–H groups in total. The predicted molar refractivity (Wildman–Crippen MR) is 19.4 cm³/mol. The Hall–Kier alpha value is -0.265. The van der Waals surface area contributed by atoms with Crippen molar-refractivity contribution in [3.63, 3.8) is 0 Å². The van der Waals surface area contributed by atoms with E-state index in [1.54, 1.807) is 7.85 Å². The quantitative estimate of drug-likeness (QED) is 0.285. The highest BCUT2D eigenvalue weighted by atomic mass is 16.1. The monoisotopic (exact) mass is 57.0 g/mol. The van der Waals surface area contributed by atoms with Gasteiger partial charge in [-0.2, -0.15) is 0 Å². The van der Waals surface area contributed by atoms with E-state index in [-0.39, 0.29) is 0 Å². The molecule has 0 fully saturated rings. The molecule has 0 aliphatic carbocycles. The summed E-state index contributed by atoms with van der Waals surface area (Å²) in [5.74, 6) is 0. The van der Waals surface area contributed by atoms with Gasteiger partial charge in [-0.25, -0.2) is 0 Å². The van der Waals surface area contributed by atoms with E-state index in [1.165, 1.54) is 0 Å². The lowest BCUT2D eigenvalue weighted by atomic mass is 10.1. The SMILES string of the molecule is [2H]C(=O)CB. The van der Waals surface area contributed by atoms with Crippen LogP contribution in [-0.4, -0.2) is 14.1 Å². The average molecular weight is 56.9 g/mol. The first-order valence-electron chi connectivity index (χ1n) is 1.76. The zero-order chi connectivity index (χ0) is 4.28. The zero-order valence-corrected chi connectivity index (χ0v) is 2.62. The van der Waals surface area contributed by atoms with Crippen LogP contribution < -0.4 is 0 Å². The smallest absolute Gasteiger partial charge is 0.112 e. The van der Waals surface area contributed by atoms with Gasteiger partial charge in [0.15, 0.2) is 0 Å². The first-order chi connectivity index (χ1) is 2.27. The number of hydrogen-bond donors (Lipinski definition) is 0. The van der Waals surface area contributed by atoms with Crippen LogP contribution in [0.5, 0.6) is 0 Å². The van der Waals surface area contributed by atoms with Crippen LogP contribution in [0.2, 0.25) is 6.32 Å². The molecule has 0 spiro atoms. The van der Waals surface area contributed by atoms with E-state index in [9.17, 15) is 4.79 Å². The van der Waals surface area contributed by atoms with Gasteiger partial charge in [0.2, 0.25) is 0 Å². The first kappa shape index (κ1) is 2.00. The number of hydrogen-bond acceptors (Lipinski definition) is 1. The van der Waals surface area contributed by atoms with Crippen molar-refractivity contribution >= 4 is 14.1 Å². The maximum absolute atomic E-state index is 9.48. The van der Waals surface area contributed by atoms with Gasteiger partial charge in [0.25, 0.3) is 0 Å². The molecule has 1 nitrogen and oxygen atoms in total. The summed E-state index contributed by atoms with van der Waals surface area (Å²) in [4.78, 5) is 9.48. The van der Waals surface area contributed by atoms with Gasteiger partial charge in [0, 0.05) is 0 Å². The van der Waals surface area contributed by atoms with Crippen molar-refractivity contribution in [2.24, 2.45) is 0 Å². The summed E-state index contributed by atoms with van der Waals surface area (Å²) in [7, 11) is 1.66. The Morgan fingerprint density at radius 3 is 2.75 bits per heavy atom.